The van der Waals surface area contributed by atoms with Crippen molar-refractivity contribution in [2.45, 2.75) is 44.6 Å². The smallest absolute Gasteiger partial charge is 0.452 e. The first kappa shape index (κ1) is 32.7. The van der Waals surface area contributed by atoms with E-state index in [1.54, 1.807) is 12.1 Å². The molecule has 1 heterocycles. The van der Waals surface area contributed by atoms with Crippen LogP contribution in [0.5, 0.6) is 5.75 Å². The number of hydrogen-bond donors (Lipinski definition) is 3. The maximum Gasteiger partial charge on any atom is 0.452 e. The van der Waals surface area contributed by atoms with Gasteiger partial charge in [-0.05, 0) is 53.4 Å². The number of ether oxygens (including phenoxy) is 1. The van der Waals surface area contributed by atoms with Crippen molar-refractivity contribution in [2.75, 3.05) is 7.11 Å². The summed E-state index contributed by atoms with van der Waals surface area (Å²) >= 11 is 0. The van der Waals surface area contributed by atoms with Crippen molar-refractivity contribution in [3.8, 4) is 5.75 Å². The summed E-state index contributed by atoms with van der Waals surface area (Å²) in [5.41, 5.74) is 0.464. The first-order valence-corrected chi connectivity index (χ1v) is 13.1. The molecular formula is C30H30F4N4O5. The predicted octanol–water partition coefficient (Wildman–Crippen LogP) is 3.70. The highest BCUT2D eigenvalue weighted by molar-refractivity contribution is 5.98. The standard InChI is InChI=1S/C30H30F4N4O5/c1-17(2)24(26(39)30(32,33)34)37-29(42)25(19-10-12-21(43-3)13-11-19)38-28(41)23(16-18-7-6-8-20(31)15-18)36-27(40)22-9-4-5-14-35-22/h4-15,17,23-25H,16H2,1-3H3,(H,36,40)(H,37,42)(H,38,41)/t23-,24-,25-/m0/s1. The van der Waals surface area contributed by atoms with Gasteiger partial charge in [-0.2, -0.15) is 13.2 Å². The Labute approximate surface area is 245 Å². The normalized spacial score (nSPS) is 13.4. The topological polar surface area (TPSA) is 126 Å². The first-order chi connectivity index (χ1) is 20.3. The van der Waals surface area contributed by atoms with Crippen molar-refractivity contribution in [3.63, 3.8) is 0 Å². The minimum absolute atomic E-state index is 0.0190. The number of Topliss-reactive ketones (excluding diaryl/α,β-unsaturated/α-hetero) is 1. The molecule has 0 aliphatic rings. The molecule has 3 N–H and O–H groups in total. The van der Waals surface area contributed by atoms with Crippen molar-refractivity contribution < 1.29 is 41.5 Å². The number of nitrogens with one attached hydrogen (secondary N) is 3. The number of alkyl halides is 3. The lowest BCUT2D eigenvalue weighted by molar-refractivity contribution is -0.175. The number of amides is 3. The number of nitrogens with zero attached hydrogens (tertiary/aromatic N) is 1. The number of methoxy groups -OCH3 is 1. The zero-order valence-electron chi connectivity index (χ0n) is 23.4. The van der Waals surface area contributed by atoms with Crippen molar-refractivity contribution in [1.82, 2.24) is 20.9 Å². The second-order valence-corrected chi connectivity index (χ2v) is 9.88. The largest absolute Gasteiger partial charge is 0.497 e. The van der Waals surface area contributed by atoms with Crippen molar-refractivity contribution in [1.29, 1.82) is 0 Å². The average Bonchev–Trinajstić information content (AvgIpc) is 2.97. The highest BCUT2D eigenvalue weighted by Crippen LogP contribution is 2.23. The van der Waals surface area contributed by atoms with Gasteiger partial charge in [0.2, 0.25) is 11.8 Å². The van der Waals surface area contributed by atoms with E-state index in [1.807, 2.05) is 0 Å². The Bertz CT molecular complexity index is 1430. The van der Waals surface area contributed by atoms with E-state index in [4.69, 9.17) is 4.74 Å². The zero-order valence-corrected chi connectivity index (χ0v) is 23.4. The Morgan fingerprint density at radius 2 is 1.58 bits per heavy atom. The van der Waals surface area contributed by atoms with Crippen LogP contribution in [0, 0.1) is 11.7 Å². The van der Waals surface area contributed by atoms with Gasteiger partial charge in [-0.1, -0.05) is 44.2 Å². The van der Waals surface area contributed by atoms with E-state index in [9.17, 15) is 36.7 Å². The molecule has 43 heavy (non-hydrogen) atoms. The lowest BCUT2D eigenvalue weighted by Crippen LogP contribution is -2.55. The second kappa shape index (κ2) is 14.4. The molecule has 9 nitrogen and oxygen atoms in total. The fourth-order valence-electron chi connectivity index (χ4n) is 4.13. The van der Waals surface area contributed by atoms with Crippen LogP contribution in [-0.2, 0) is 20.8 Å². The second-order valence-electron chi connectivity index (χ2n) is 9.88. The number of pyridine rings is 1. The van der Waals surface area contributed by atoms with Crippen LogP contribution in [0.25, 0.3) is 0 Å². The van der Waals surface area contributed by atoms with Crippen LogP contribution < -0.4 is 20.7 Å². The highest BCUT2D eigenvalue weighted by Gasteiger charge is 2.45. The van der Waals surface area contributed by atoms with Crippen LogP contribution in [-0.4, -0.2) is 53.9 Å². The molecule has 0 aliphatic heterocycles. The number of aromatic nitrogens is 1. The summed E-state index contributed by atoms with van der Waals surface area (Å²) in [5, 5.41) is 7.11. The van der Waals surface area contributed by atoms with Gasteiger partial charge in [0.15, 0.2) is 0 Å². The molecule has 0 radical (unpaired) electrons. The Kier molecular flexibility index (Phi) is 10.9. The first-order valence-electron chi connectivity index (χ1n) is 13.1. The number of ketones is 1. The summed E-state index contributed by atoms with van der Waals surface area (Å²) in [6.45, 7) is 2.66. The fraction of sp³-hybridized carbons (Fsp3) is 0.300. The van der Waals surface area contributed by atoms with Gasteiger partial charge < -0.3 is 20.7 Å². The minimum atomic E-state index is -5.22. The summed E-state index contributed by atoms with van der Waals surface area (Å²) in [6, 6.07) is 10.7. The van der Waals surface area contributed by atoms with E-state index in [0.717, 1.165) is 6.07 Å². The quantitative estimate of drug-likeness (QED) is 0.272. The van der Waals surface area contributed by atoms with Crippen LogP contribution >= 0.6 is 0 Å². The third-order valence-electron chi connectivity index (χ3n) is 6.37. The van der Waals surface area contributed by atoms with E-state index >= 15 is 0 Å². The van der Waals surface area contributed by atoms with Crippen molar-refractivity contribution >= 4 is 23.5 Å². The monoisotopic (exact) mass is 602 g/mol. The molecule has 3 rings (SSSR count). The molecule has 0 saturated carbocycles. The predicted molar refractivity (Wildman–Crippen MR) is 147 cm³/mol. The van der Waals surface area contributed by atoms with E-state index in [-0.39, 0.29) is 17.7 Å². The van der Waals surface area contributed by atoms with Crippen LogP contribution in [0.15, 0.2) is 72.9 Å². The number of rotatable bonds is 12. The minimum Gasteiger partial charge on any atom is -0.497 e. The van der Waals surface area contributed by atoms with Crippen LogP contribution in [0.1, 0.15) is 41.5 Å². The summed E-state index contributed by atoms with van der Waals surface area (Å²) < 4.78 is 58.8. The van der Waals surface area contributed by atoms with Crippen molar-refractivity contribution in [3.05, 3.63) is 95.6 Å². The van der Waals surface area contributed by atoms with Gasteiger partial charge in [0.05, 0.1) is 13.2 Å². The Morgan fingerprint density at radius 3 is 2.14 bits per heavy atom. The van der Waals surface area contributed by atoms with Gasteiger partial charge in [-0.3, -0.25) is 24.2 Å². The van der Waals surface area contributed by atoms with Gasteiger partial charge in [0, 0.05) is 12.6 Å². The lowest BCUT2D eigenvalue weighted by atomic mass is 9.97. The molecule has 1 aromatic heterocycles. The van der Waals surface area contributed by atoms with E-state index < -0.39 is 59.5 Å². The van der Waals surface area contributed by atoms with Crippen LogP contribution in [0.3, 0.4) is 0 Å². The number of halogens is 4. The summed E-state index contributed by atoms with van der Waals surface area (Å²) in [4.78, 5) is 56.0. The maximum absolute atomic E-state index is 13.9. The number of hydrogen-bond acceptors (Lipinski definition) is 6. The van der Waals surface area contributed by atoms with E-state index in [2.05, 4.69) is 20.9 Å². The average molecular weight is 603 g/mol. The van der Waals surface area contributed by atoms with Gasteiger partial charge in [0.1, 0.15) is 29.3 Å². The molecule has 0 bridgehead atoms. The Morgan fingerprint density at radius 1 is 0.884 bits per heavy atom. The van der Waals surface area contributed by atoms with Gasteiger partial charge >= 0.3 is 6.18 Å². The lowest BCUT2D eigenvalue weighted by Gasteiger charge is -2.27. The third kappa shape index (κ3) is 9.09. The highest BCUT2D eigenvalue weighted by atomic mass is 19.4. The molecule has 0 unspecified atom stereocenters. The number of carbonyl (C=O) groups excluding carboxylic acids is 4. The molecule has 0 fully saturated rings. The van der Waals surface area contributed by atoms with Crippen LogP contribution in [0.4, 0.5) is 17.6 Å². The molecule has 0 aliphatic carbocycles. The molecule has 2 aromatic carbocycles. The summed E-state index contributed by atoms with van der Waals surface area (Å²) in [6.07, 6.45) is -4.05. The number of benzene rings is 2. The Hall–Kier alpha value is -4.81. The van der Waals surface area contributed by atoms with Gasteiger partial charge in [-0.15, -0.1) is 0 Å². The molecule has 3 atom stereocenters. The van der Waals surface area contributed by atoms with Gasteiger partial charge in [0.25, 0.3) is 11.7 Å². The molecule has 3 amide bonds. The van der Waals surface area contributed by atoms with E-state index in [1.165, 1.54) is 75.7 Å². The maximum atomic E-state index is 13.9. The molecule has 0 saturated heterocycles. The molecule has 13 heteroatoms. The molecule has 228 valence electrons. The van der Waals surface area contributed by atoms with E-state index in [0.29, 0.717) is 11.3 Å². The zero-order chi connectivity index (χ0) is 31.7. The molecule has 0 spiro atoms. The fourth-order valence-corrected chi connectivity index (χ4v) is 4.13. The SMILES string of the molecule is COc1ccc([C@H](NC(=O)[C@H](Cc2cccc(F)c2)NC(=O)c2ccccn2)C(=O)N[C@H](C(=O)C(F)(F)F)C(C)C)cc1. The van der Waals surface area contributed by atoms with Gasteiger partial charge in [-0.25, -0.2) is 4.39 Å². The van der Waals surface area contributed by atoms with Crippen LogP contribution in [0.2, 0.25) is 0 Å². The summed E-state index contributed by atoms with van der Waals surface area (Å²) in [7, 11) is 1.40. The van der Waals surface area contributed by atoms with Crippen molar-refractivity contribution in [2.24, 2.45) is 5.92 Å². The third-order valence-corrected chi connectivity index (χ3v) is 6.37. The Balaban J connectivity index is 1.96. The number of carbonyl (C=O) groups is 4. The molecular weight excluding hydrogens is 572 g/mol. The summed E-state index contributed by atoms with van der Waals surface area (Å²) in [5.74, 6) is -6.03. The molecule has 3 aromatic rings.